The van der Waals surface area contributed by atoms with Crippen molar-refractivity contribution in [2.45, 2.75) is 17.1 Å². The van der Waals surface area contributed by atoms with E-state index in [2.05, 4.69) is 20.9 Å². The Kier molecular flexibility index (Phi) is 8.66. The Balaban J connectivity index is 1.40. The van der Waals surface area contributed by atoms with Crippen LogP contribution < -0.4 is 16.0 Å². The van der Waals surface area contributed by atoms with Gasteiger partial charge in [0.1, 0.15) is 5.70 Å². The van der Waals surface area contributed by atoms with Gasteiger partial charge in [-0.2, -0.15) is 0 Å². The largest absolute Gasteiger partial charge is 0.321 e. The van der Waals surface area contributed by atoms with Crippen molar-refractivity contribution >= 4 is 69.1 Å². The summed E-state index contributed by atoms with van der Waals surface area (Å²) in [5, 5.41) is 12.3. The van der Waals surface area contributed by atoms with Crippen molar-refractivity contribution < 1.29 is 14.4 Å². The maximum Gasteiger partial charge on any atom is 0.272 e. The molecule has 0 saturated carbocycles. The molecule has 36 heavy (non-hydrogen) atoms. The zero-order chi connectivity index (χ0) is 25.3. The lowest BCUT2D eigenvalue weighted by molar-refractivity contribution is -0.115. The molecule has 0 fully saturated rings. The number of thiophene rings is 1. The van der Waals surface area contributed by atoms with Gasteiger partial charge in [-0.3, -0.25) is 14.4 Å². The van der Waals surface area contributed by atoms with Crippen molar-refractivity contribution in [1.82, 2.24) is 10.3 Å². The second-order valence-electron chi connectivity index (χ2n) is 7.46. The average molecular weight is 535 g/mol. The Morgan fingerprint density at radius 3 is 2.36 bits per heavy atom. The molecule has 182 valence electrons. The van der Waals surface area contributed by atoms with E-state index in [9.17, 15) is 14.4 Å². The predicted octanol–water partition coefficient (Wildman–Crippen LogP) is 5.73. The second-order valence-corrected chi connectivity index (χ2v) is 10.7. The highest BCUT2D eigenvalue weighted by molar-refractivity contribution is 8.00. The lowest BCUT2D eigenvalue weighted by Crippen LogP contribution is -2.30. The average Bonchev–Trinajstić information content (AvgIpc) is 3.60. The number of anilines is 2. The SMILES string of the molecule is C[C@@H](Sc1ccc(NC(=O)/C(=C\c2cccs2)NC(=O)c2ccccc2)cc1)C(=O)Nc1nccs1. The fourth-order valence-corrected chi connectivity index (χ4v) is 5.08. The highest BCUT2D eigenvalue weighted by atomic mass is 32.2. The zero-order valence-electron chi connectivity index (χ0n) is 19.1. The van der Waals surface area contributed by atoms with Crippen LogP contribution in [0.4, 0.5) is 10.8 Å². The summed E-state index contributed by atoms with van der Waals surface area (Å²) >= 11 is 4.23. The molecule has 4 rings (SSSR count). The first kappa shape index (κ1) is 25.4. The molecule has 0 aliphatic rings. The molecule has 4 aromatic rings. The van der Waals surface area contributed by atoms with Gasteiger partial charge in [0, 0.05) is 32.6 Å². The van der Waals surface area contributed by atoms with Gasteiger partial charge in [-0.25, -0.2) is 4.98 Å². The molecule has 1 atom stereocenters. The van der Waals surface area contributed by atoms with Crippen molar-refractivity contribution in [2.75, 3.05) is 10.6 Å². The summed E-state index contributed by atoms with van der Waals surface area (Å²) in [7, 11) is 0. The van der Waals surface area contributed by atoms with Gasteiger partial charge in [0.15, 0.2) is 5.13 Å². The van der Waals surface area contributed by atoms with Crippen LogP contribution in [0.15, 0.2) is 94.3 Å². The Hall–Kier alpha value is -3.73. The highest BCUT2D eigenvalue weighted by Crippen LogP contribution is 2.26. The van der Waals surface area contributed by atoms with Crippen LogP contribution in [0, 0.1) is 0 Å². The summed E-state index contributed by atoms with van der Waals surface area (Å²) in [6.45, 7) is 1.82. The molecule has 0 aliphatic carbocycles. The van der Waals surface area contributed by atoms with E-state index in [4.69, 9.17) is 0 Å². The summed E-state index contributed by atoms with van der Waals surface area (Å²) in [5.74, 6) is -0.945. The number of rotatable bonds is 9. The van der Waals surface area contributed by atoms with Crippen LogP contribution in [0.25, 0.3) is 6.08 Å². The van der Waals surface area contributed by atoms with E-state index < -0.39 is 5.91 Å². The van der Waals surface area contributed by atoms with Crippen LogP contribution in [0.5, 0.6) is 0 Å². The number of benzene rings is 2. The standard InChI is InChI=1S/C26H22N4O3S3/c1-17(23(31)30-26-27-13-15-35-26)36-20-11-9-19(10-12-20)28-25(33)22(16-21-8-5-14-34-21)29-24(32)18-6-3-2-4-7-18/h2-17H,1H3,(H,28,33)(H,29,32)(H,27,30,31)/b22-16+/t17-/m1/s1. The summed E-state index contributed by atoms with van der Waals surface area (Å²) in [5.41, 5.74) is 1.16. The van der Waals surface area contributed by atoms with Crippen LogP contribution in [0.2, 0.25) is 0 Å². The van der Waals surface area contributed by atoms with Gasteiger partial charge in [-0.1, -0.05) is 24.3 Å². The second kappa shape index (κ2) is 12.3. The normalized spacial score (nSPS) is 12.0. The molecule has 0 unspecified atom stereocenters. The number of amides is 3. The molecule has 0 radical (unpaired) electrons. The first-order valence-corrected chi connectivity index (χ1v) is 13.5. The van der Waals surface area contributed by atoms with Crippen molar-refractivity contribution in [3.63, 3.8) is 0 Å². The molecule has 2 aromatic heterocycles. The third-order valence-corrected chi connectivity index (χ3v) is 7.44. The van der Waals surface area contributed by atoms with E-state index in [0.29, 0.717) is 16.4 Å². The number of aromatic nitrogens is 1. The molecule has 2 aromatic carbocycles. The molecule has 0 aliphatic heterocycles. The summed E-state index contributed by atoms with van der Waals surface area (Å²) < 4.78 is 0. The summed E-state index contributed by atoms with van der Waals surface area (Å²) in [4.78, 5) is 43.9. The number of hydrogen-bond acceptors (Lipinski definition) is 7. The monoisotopic (exact) mass is 534 g/mol. The fourth-order valence-electron chi connectivity index (χ4n) is 3.02. The smallest absolute Gasteiger partial charge is 0.272 e. The molecule has 2 heterocycles. The third-order valence-electron chi connectivity index (χ3n) is 4.82. The first-order chi connectivity index (χ1) is 17.5. The molecule has 0 bridgehead atoms. The van der Waals surface area contributed by atoms with Crippen LogP contribution in [-0.2, 0) is 9.59 Å². The maximum absolute atomic E-state index is 13.1. The van der Waals surface area contributed by atoms with E-state index in [-0.39, 0.29) is 22.8 Å². The van der Waals surface area contributed by atoms with Crippen LogP contribution in [0.3, 0.4) is 0 Å². The molecule has 7 nitrogen and oxygen atoms in total. The number of nitrogens with zero attached hydrogens (tertiary/aromatic N) is 1. The van der Waals surface area contributed by atoms with Crippen molar-refractivity contribution in [3.8, 4) is 0 Å². The minimum atomic E-state index is -0.440. The Labute approximate surface area is 220 Å². The number of carbonyl (C=O) groups excluding carboxylic acids is 3. The fraction of sp³-hybridized carbons (Fsp3) is 0.0769. The molecular formula is C26H22N4O3S3. The van der Waals surface area contributed by atoms with Gasteiger partial charge in [-0.15, -0.1) is 34.4 Å². The Bertz CT molecular complexity index is 1340. The summed E-state index contributed by atoms with van der Waals surface area (Å²) in [6.07, 6.45) is 3.28. The molecule has 0 saturated heterocycles. The minimum Gasteiger partial charge on any atom is -0.321 e. The molecule has 0 spiro atoms. The van der Waals surface area contributed by atoms with Gasteiger partial charge in [0.25, 0.3) is 11.8 Å². The van der Waals surface area contributed by atoms with E-state index in [1.807, 2.05) is 42.6 Å². The Morgan fingerprint density at radius 1 is 0.917 bits per heavy atom. The number of hydrogen-bond donors (Lipinski definition) is 3. The number of thioether (sulfide) groups is 1. The lowest BCUT2D eigenvalue weighted by Gasteiger charge is -2.13. The van der Waals surface area contributed by atoms with Crippen LogP contribution >= 0.6 is 34.4 Å². The van der Waals surface area contributed by atoms with Crippen LogP contribution in [0.1, 0.15) is 22.2 Å². The third kappa shape index (κ3) is 7.14. The van der Waals surface area contributed by atoms with E-state index in [1.165, 1.54) is 34.4 Å². The topological polar surface area (TPSA) is 100 Å². The molecule has 10 heteroatoms. The van der Waals surface area contributed by atoms with E-state index in [1.54, 1.807) is 54.1 Å². The number of thiazole rings is 1. The molecule has 3 N–H and O–H groups in total. The van der Waals surface area contributed by atoms with Crippen molar-refractivity contribution in [2.24, 2.45) is 0 Å². The molecular weight excluding hydrogens is 513 g/mol. The van der Waals surface area contributed by atoms with E-state index in [0.717, 1.165) is 9.77 Å². The first-order valence-electron chi connectivity index (χ1n) is 10.9. The van der Waals surface area contributed by atoms with Gasteiger partial charge in [0.05, 0.1) is 5.25 Å². The highest BCUT2D eigenvalue weighted by Gasteiger charge is 2.17. The zero-order valence-corrected chi connectivity index (χ0v) is 21.6. The summed E-state index contributed by atoms with van der Waals surface area (Å²) in [6, 6.07) is 19.6. The van der Waals surface area contributed by atoms with Gasteiger partial charge in [-0.05, 0) is 60.8 Å². The van der Waals surface area contributed by atoms with Gasteiger partial charge < -0.3 is 16.0 Å². The van der Waals surface area contributed by atoms with Crippen molar-refractivity contribution in [3.05, 3.63) is 99.8 Å². The van der Waals surface area contributed by atoms with Crippen molar-refractivity contribution in [1.29, 1.82) is 0 Å². The predicted molar refractivity (Wildman–Crippen MR) is 147 cm³/mol. The van der Waals surface area contributed by atoms with Gasteiger partial charge >= 0.3 is 0 Å². The number of nitrogens with one attached hydrogen (secondary N) is 3. The van der Waals surface area contributed by atoms with Crippen LogP contribution in [-0.4, -0.2) is 28.0 Å². The number of carbonyl (C=O) groups is 3. The minimum absolute atomic E-state index is 0.134. The lowest BCUT2D eigenvalue weighted by atomic mass is 10.2. The van der Waals surface area contributed by atoms with E-state index >= 15 is 0 Å². The molecule has 3 amide bonds. The Morgan fingerprint density at radius 2 is 1.69 bits per heavy atom. The van der Waals surface area contributed by atoms with Gasteiger partial charge in [0.2, 0.25) is 5.91 Å². The maximum atomic E-state index is 13.1. The quantitative estimate of drug-likeness (QED) is 0.188.